The maximum absolute atomic E-state index is 14.3. The van der Waals surface area contributed by atoms with Gasteiger partial charge in [0.1, 0.15) is 6.17 Å². The molecule has 64 heavy (non-hydrogen) atoms. The molecule has 5 N–H and O–H groups in total. The first-order valence-electron chi connectivity index (χ1n) is 21.3. The number of anilines is 2. The van der Waals surface area contributed by atoms with Gasteiger partial charge in [0.25, 0.3) is 11.8 Å². The molecule has 4 aliphatic heterocycles. The van der Waals surface area contributed by atoms with Gasteiger partial charge in [-0.3, -0.25) is 14.4 Å². The lowest BCUT2D eigenvalue weighted by Crippen LogP contribution is -2.62. The summed E-state index contributed by atoms with van der Waals surface area (Å²) in [4.78, 5) is 64.0. The number of aliphatic carboxylic acids is 1. The van der Waals surface area contributed by atoms with Crippen LogP contribution in [0, 0.1) is 11.8 Å². The fourth-order valence-electron chi connectivity index (χ4n) is 9.14. The predicted molar refractivity (Wildman–Crippen MR) is 227 cm³/mol. The smallest absolute Gasteiger partial charge is 0.435 e. The summed E-state index contributed by atoms with van der Waals surface area (Å²) in [6, 6.07) is 7.43. The van der Waals surface area contributed by atoms with Crippen LogP contribution in [0.4, 0.5) is 28.9 Å². The Morgan fingerprint density at radius 2 is 1.69 bits per heavy atom. The summed E-state index contributed by atoms with van der Waals surface area (Å²) in [5.41, 5.74) is -0.573. The van der Waals surface area contributed by atoms with E-state index in [9.17, 15) is 41.8 Å². The van der Waals surface area contributed by atoms with E-state index in [0.29, 0.717) is 81.2 Å². The number of carboxylic acid groups (broad SMARTS) is 1. The molecular weight excluding hydrogens is 864 g/mol. The summed E-state index contributed by atoms with van der Waals surface area (Å²) < 4.78 is 59.2. The molecule has 0 bridgehead atoms. The van der Waals surface area contributed by atoms with Gasteiger partial charge < -0.3 is 45.2 Å². The first-order chi connectivity index (χ1) is 30.6. The predicted octanol–water partition coefficient (Wildman–Crippen LogP) is 3.52. The zero-order valence-electron chi connectivity index (χ0n) is 35.1. The number of pyridine rings is 1. The highest BCUT2D eigenvalue weighted by atomic mass is 35.5. The number of carboxylic acids is 1. The number of hydrogen-bond acceptors (Lipinski definition) is 10. The molecule has 3 amide bonds. The topological polar surface area (TPSA) is 192 Å². The molecule has 4 saturated heterocycles. The number of alkyl halides is 4. The number of imidazole rings is 1. The van der Waals surface area contributed by atoms with E-state index in [0.717, 1.165) is 36.7 Å². The molecule has 1 aromatic carbocycles. The first-order valence-corrected chi connectivity index (χ1v) is 21.7. The zero-order valence-corrected chi connectivity index (χ0v) is 35.8. The second-order valence-corrected chi connectivity index (χ2v) is 17.6. The number of nitrogens with zero attached hydrogens (tertiary/aromatic N) is 8. The average molecular weight is 914 g/mol. The summed E-state index contributed by atoms with van der Waals surface area (Å²) in [6.45, 7) is 5.93. The van der Waals surface area contributed by atoms with Crippen molar-refractivity contribution in [3.05, 3.63) is 71.0 Å². The summed E-state index contributed by atoms with van der Waals surface area (Å²) >= 11 is 6.57. The Labute approximate surface area is 370 Å². The van der Waals surface area contributed by atoms with E-state index in [1.54, 1.807) is 15.9 Å². The Morgan fingerprint density at radius 3 is 2.30 bits per heavy atom. The minimum Gasteiger partial charge on any atom is -0.477 e. The molecule has 4 aliphatic rings. The third-order valence-electron chi connectivity index (χ3n) is 12.7. The highest BCUT2D eigenvalue weighted by Gasteiger charge is 2.43. The highest BCUT2D eigenvalue weighted by molar-refractivity contribution is 6.34. The number of piperidine rings is 1. The lowest BCUT2D eigenvalue weighted by atomic mass is 9.90. The standard InChI is InChI=1S/C42H49ClF4N12O5/c1-55-34(32-22-58(54-37(32)42(45,46)47)35-5-3-29(19-51-35)50-20-30-14-27(44)18-49-30)21-52-38(55)39(62)53-28-2-4-31(33(43)15-28)41(64)57-10-8-56(9-11-57)40(63)26-6-12-59(13-7-26,24-36(60)61)23-25-16-48-17-25/h2-5,15,19,21-22,25-27,30,48-50H,6-14,16-18,20,23-24H2,1H3,(H-,53,60,61,62,64)/p+1/t26?,27-,30-,59?/m0/s1. The van der Waals surface area contributed by atoms with Gasteiger partial charge in [0, 0.05) is 102 Å². The maximum Gasteiger partial charge on any atom is 0.435 e. The van der Waals surface area contributed by atoms with Crippen LogP contribution in [0.25, 0.3) is 17.1 Å². The Kier molecular flexibility index (Phi) is 13.0. The average Bonchev–Trinajstić information content (AvgIpc) is 3.99. The van der Waals surface area contributed by atoms with Crippen molar-refractivity contribution in [1.82, 2.24) is 44.7 Å². The van der Waals surface area contributed by atoms with Crippen molar-refractivity contribution >= 4 is 46.7 Å². The molecule has 7 heterocycles. The number of hydrogen-bond donors (Lipinski definition) is 5. The Bertz CT molecular complexity index is 2370. The third-order valence-corrected chi connectivity index (χ3v) is 13.0. The van der Waals surface area contributed by atoms with E-state index in [2.05, 4.69) is 36.3 Å². The van der Waals surface area contributed by atoms with Crippen LogP contribution in [0.5, 0.6) is 0 Å². The molecule has 342 valence electrons. The monoisotopic (exact) mass is 913 g/mol. The quantitative estimate of drug-likeness (QED) is 0.0975. The van der Waals surface area contributed by atoms with E-state index in [1.165, 1.54) is 42.1 Å². The van der Waals surface area contributed by atoms with E-state index in [-0.39, 0.29) is 76.0 Å². The van der Waals surface area contributed by atoms with Crippen molar-refractivity contribution < 1.29 is 46.3 Å². The molecule has 0 radical (unpaired) electrons. The molecule has 0 unspecified atom stereocenters. The largest absolute Gasteiger partial charge is 0.477 e. The van der Waals surface area contributed by atoms with Crippen molar-refractivity contribution in [1.29, 1.82) is 0 Å². The minimum absolute atomic E-state index is 0.0275. The van der Waals surface area contributed by atoms with Crippen LogP contribution in [0.2, 0.25) is 5.02 Å². The lowest BCUT2D eigenvalue weighted by Gasteiger charge is -2.46. The van der Waals surface area contributed by atoms with Gasteiger partial charge in [-0.15, -0.1) is 0 Å². The van der Waals surface area contributed by atoms with E-state index in [1.807, 2.05) is 0 Å². The third kappa shape index (κ3) is 9.86. The number of aromatic nitrogens is 5. The molecule has 22 heteroatoms. The van der Waals surface area contributed by atoms with Gasteiger partial charge >= 0.3 is 12.1 Å². The number of benzene rings is 1. The van der Waals surface area contributed by atoms with Crippen LogP contribution in [0.3, 0.4) is 0 Å². The molecule has 0 spiro atoms. The summed E-state index contributed by atoms with van der Waals surface area (Å²) in [7, 11) is 1.40. The van der Waals surface area contributed by atoms with Crippen LogP contribution >= 0.6 is 11.6 Å². The van der Waals surface area contributed by atoms with E-state index in [4.69, 9.17) is 11.6 Å². The van der Waals surface area contributed by atoms with Gasteiger partial charge in [-0.25, -0.2) is 23.8 Å². The van der Waals surface area contributed by atoms with Gasteiger partial charge in [-0.2, -0.15) is 18.3 Å². The molecule has 17 nitrogen and oxygen atoms in total. The fourth-order valence-corrected chi connectivity index (χ4v) is 9.40. The van der Waals surface area contributed by atoms with Gasteiger partial charge in [-0.05, 0) is 36.8 Å². The number of amides is 3. The Morgan fingerprint density at radius 1 is 0.969 bits per heavy atom. The van der Waals surface area contributed by atoms with Crippen LogP contribution in [-0.4, -0.2) is 158 Å². The molecule has 8 rings (SSSR count). The first kappa shape index (κ1) is 44.9. The summed E-state index contributed by atoms with van der Waals surface area (Å²) in [6.07, 6.45) is -0.403. The molecule has 0 saturated carbocycles. The van der Waals surface area contributed by atoms with Crippen LogP contribution < -0.4 is 21.3 Å². The van der Waals surface area contributed by atoms with E-state index >= 15 is 0 Å². The van der Waals surface area contributed by atoms with Gasteiger partial charge in [-0.1, -0.05) is 11.6 Å². The van der Waals surface area contributed by atoms with Crippen molar-refractivity contribution in [3.8, 4) is 17.1 Å². The summed E-state index contributed by atoms with van der Waals surface area (Å²) in [5, 5.41) is 25.6. The van der Waals surface area contributed by atoms with Crippen molar-refractivity contribution in [2.24, 2.45) is 18.9 Å². The molecular formula is C42H50ClF4N12O5+. The normalized spacial score (nSPS) is 22.9. The number of likely N-dealkylation sites (tertiary alicyclic amines) is 1. The van der Waals surface area contributed by atoms with Gasteiger partial charge in [0.15, 0.2) is 23.9 Å². The molecule has 0 aliphatic carbocycles. The highest BCUT2D eigenvalue weighted by Crippen LogP contribution is 2.37. The minimum atomic E-state index is -4.86. The summed E-state index contributed by atoms with van der Waals surface area (Å²) in [5.74, 6) is -1.73. The number of quaternary nitrogens is 1. The fraction of sp³-hybridized carbons (Fsp3) is 0.500. The number of rotatable bonds is 13. The van der Waals surface area contributed by atoms with Gasteiger partial charge in [0.2, 0.25) is 5.91 Å². The Balaban J connectivity index is 0.863. The van der Waals surface area contributed by atoms with E-state index < -0.39 is 29.9 Å². The second-order valence-electron chi connectivity index (χ2n) is 17.2. The lowest BCUT2D eigenvalue weighted by molar-refractivity contribution is -0.929. The SMILES string of the molecule is Cn1c(-c2cn(-c3ccc(NC[C@@H]4C[C@H](F)CN4)cn3)nc2C(F)(F)F)cnc1C(=O)Nc1ccc(C(=O)N2CCN(C(=O)C3CC[N+](CC(=O)O)(CC4CNC4)CC3)CC2)c(Cl)c1. The number of nitrogens with one attached hydrogen (secondary N) is 4. The zero-order chi connectivity index (χ0) is 45.3. The van der Waals surface area contributed by atoms with Crippen LogP contribution in [-0.2, 0) is 22.8 Å². The van der Waals surface area contributed by atoms with Crippen LogP contribution in [0.1, 0.15) is 45.9 Å². The number of piperazine rings is 1. The van der Waals surface area contributed by atoms with Crippen molar-refractivity contribution in [2.75, 3.05) is 89.2 Å². The number of halogens is 5. The van der Waals surface area contributed by atoms with Crippen molar-refractivity contribution in [2.45, 2.75) is 37.7 Å². The van der Waals surface area contributed by atoms with Gasteiger partial charge in [0.05, 0.1) is 59.6 Å². The van der Waals surface area contributed by atoms with Crippen LogP contribution in [0.15, 0.2) is 48.9 Å². The second kappa shape index (κ2) is 18.5. The number of carbonyl (C=O) groups excluding carboxylic acids is 3. The Hall–Kier alpha value is -5.64. The van der Waals surface area contributed by atoms with Crippen molar-refractivity contribution in [3.63, 3.8) is 0 Å². The molecule has 4 aromatic rings. The number of carbonyl (C=O) groups is 4. The molecule has 4 fully saturated rings. The maximum atomic E-state index is 14.3. The molecule has 3 aromatic heterocycles. The molecule has 2 atom stereocenters.